The molecule has 4 rings (SSSR count). The van der Waals surface area contributed by atoms with Crippen LogP contribution in [0.4, 0.5) is 0 Å². The molecule has 22 heteroatoms. The van der Waals surface area contributed by atoms with Gasteiger partial charge in [0.1, 0.15) is 36.3 Å². The molecule has 2 fully saturated rings. The Morgan fingerprint density at radius 1 is 0.789 bits per heavy atom. The normalized spacial score (nSPS) is 19.1. The van der Waals surface area contributed by atoms with Gasteiger partial charge >= 0.3 is 5.97 Å². The lowest BCUT2D eigenvalue weighted by atomic mass is 10.0. The van der Waals surface area contributed by atoms with E-state index in [1.54, 1.807) is 13.8 Å². The first-order valence-corrected chi connectivity index (χ1v) is 18.8. The molecule has 22 nitrogen and oxygen atoms in total. The minimum Gasteiger partial charge on any atom is -0.480 e. The maximum absolute atomic E-state index is 13.8. The number of nitrogens with zero attached hydrogens (tertiary/aromatic N) is 3. The number of aliphatic carboxylic acids is 1. The van der Waals surface area contributed by atoms with Crippen LogP contribution in [0.5, 0.6) is 0 Å². The summed E-state index contributed by atoms with van der Waals surface area (Å²) in [6.45, 7) is 3.61. The molecule has 0 radical (unpaired) electrons. The summed E-state index contributed by atoms with van der Waals surface area (Å²) in [7, 11) is 0. The number of carbonyl (C=O) groups excluding carboxylic acids is 7. The van der Waals surface area contributed by atoms with Gasteiger partial charge in [-0.3, -0.25) is 33.6 Å². The molecule has 2 aromatic rings. The Hall–Kier alpha value is -5.90. The van der Waals surface area contributed by atoms with Crippen molar-refractivity contribution in [2.45, 2.75) is 108 Å². The summed E-state index contributed by atoms with van der Waals surface area (Å²) in [5.74, 6) is -7.05. The second kappa shape index (κ2) is 20.9. The third kappa shape index (κ3) is 12.8. The number of carbonyl (C=O) groups is 8. The Bertz CT molecular complexity index is 1710. The summed E-state index contributed by atoms with van der Waals surface area (Å²) in [5.41, 5.74) is 6.21. The number of likely N-dealkylation sites (tertiary alicyclic amines) is 1. The molecule has 2 aliphatic rings. The number of hydrogen-bond acceptors (Lipinski definition) is 12. The summed E-state index contributed by atoms with van der Waals surface area (Å²) < 4.78 is 0. The Kier molecular flexibility index (Phi) is 16.0. The van der Waals surface area contributed by atoms with Crippen LogP contribution in [0.25, 0.3) is 0 Å². The number of primary amides is 1. The molecular weight excluding hydrogens is 748 g/mol. The van der Waals surface area contributed by atoms with Crippen LogP contribution >= 0.6 is 0 Å². The molecule has 7 amide bonds. The number of amides is 7. The van der Waals surface area contributed by atoms with E-state index >= 15 is 0 Å². The average molecular weight is 801 g/mol. The number of imidazole rings is 2. The zero-order chi connectivity index (χ0) is 41.6. The van der Waals surface area contributed by atoms with Gasteiger partial charge in [-0.25, -0.2) is 14.8 Å². The van der Waals surface area contributed by atoms with Gasteiger partial charge in [0.05, 0.1) is 31.7 Å². The van der Waals surface area contributed by atoms with Crippen molar-refractivity contribution in [1.29, 1.82) is 0 Å². The molecule has 7 atom stereocenters. The maximum Gasteiger partial charge on any atom is 0.326 e. The highest BCUT2D eigenvalue weighted by atomic mass is 16.4. The van der Waals surface area contributed by atoms with E-state index in [2.05, 4.69) is 51.8 Å². The summed E-state index contributed by atoms with van der Waals surface area (Å²) in [4.78, 5) is 120. The van der Waals surface area contributed by atoms with E-state index in [-0.39, 0.29) is 31.1 Å². The van der Waals surface area contributed by atoms with E-state index in [9.17, 15) is 48.6 Å². The van der Waals surface area contributed by atoms with Crippen molar-refractivity contribution in [2.24, 2.45) is 11.7 Å². The number of aromatic amines is 2. The van der Waals surface area contributed by atoms with Gasteiger partial charge in [0.15, 0.2) is 0 Å². The molecule has 0 spiro atoms. The predicted octanol–water partition coefficient (Wildman–Crippen LogP) is -3.92. The summed E-state index contributed by atoms with van der Waals surface area (Å²) in [5, 5.41) is 35.2. The second-order valence-corrected chi connectivity index (χ2v) is 14.5. The van der Waals surface area contributed by atoms with Gasteiger partial charge in [0, 0.05) is 43.2 Å². The van der Waals surface area contributed by atoms with Gasteiger partial charge < -0.3 is 62.7 Å². The smallest absolute Gasteiger partial charge is 0.326 e. The molecular formula is C35H52N12O10. The quantitative estimate of drug-likeness (QED) is 0.0576. The first-order valence-electron chi connectivity index (χ1n) is 18.8. The van der Waals surface area contributed by atoms with E-state index in [0.717, 1.165) is 6.42 Å². The largest absolute Gasteiger partial charge is 0.480 e. The standard InChI is InChI=1S/C35H52N12O10/c1-18(2)9-25(35(56)57)45-29(50)22(10-19-13-37-16-40-19)43-32(53)26(15-48)46-30(51)23(11-20-14-38-17-41-20)42-31(52)24(12-28(36)49)44-33(54)27-6-4-8-47(27)34(55)21-5-3-7-39-21/h13-14,16-18,21-27,39,48H,3-12,15H2,1-2H3,(H2,36,49)(H,37,40)(H,38,41)(H,42,52)(H,43,53)(H,44,54)(H,45,50)(H,46,51)(H,56,57)/t21-,22-,23-,24-,25-,26-,27-/m0/s1. The minimum atomic E-state index is -1.68. The monoisotopic (exact) mass is 800 g/mol. The molecule has 12 N–H and O–H groups in total. The van der Waals surface area contributed by atoms with Crippen molar-refractivity contribution in [3.05, 3.63) is 36.4 Å². The lowest BCUT2D eigenvalue weighted by molar-refractivity contribution is -0.143. The van der Waals surface area contributed by atoms with Gasteiger partial charge in [0.25, 0.3) is 0 Å². The first-order chi connectivity index (χ1) is 27.2. The third-order valence-electron chi connectivity index (χ3n) is 9.60. The number of aliphatic hydroxyl groups excluding tert-OH is 1. The molecule has 312 valence electrons. The highest BCUT2D eigenvalue weighted by molar-refractivity contribution is 5.98. The van der Waals surface area contributed by atoms with E-state index in [4.69, 9.17) is 5.73 Å². The molecule has 0 bridgehead atoms. The molecule has 2 aliphatic heterocycles. The van der Waals surface area contributed by atoms with Gasteiger partial charge in [0.2, 0.25) is 41.4 Å². The maximum atomic E-state index is 13.8. The Balaban J connectivity index is 1.48. The predicted molar refractivity (Wildman–Crippen MR) is 198 cm³/mol. The summed E-state index contributed by atoms with van der Waals surface area (Å²) in [6.07, 6.45) is 6.81. The van der Waals surface area contributed by atoms with Gasteiger partial charge in [-0.1, -0.05) is 13.8 Å². The zero-order valence-corrected chi connectivity index (χ0v) is 31.8. The van der Waals surface area contributed by atoms with Crippen LogP contribution < -0.4 is 37.6 Å². The molecule has 0 aromatic carbocycles. The van der Waals surface area contributed by atoms with E-state index in [0.29, 0.717) is 43.7 Å². The summed E-state index contributed by atoms with van der Waals surface area (Å²) in [6, 6.07) is -8.69. The van der Waals surface area contributed by atoms with Crippen molar-refractivity contribution in [3.8, 4) is 0 Å². The fourth-order valence-corrected chi connectivity index (χ4v) is 6.70. The fourth-order valence-electron chi connectivity index (χ4n) is 6.70. The first kappa shape index (κ1) is 43.8. The molecule has 0 saturated carbocycles. The van der Waals surface area contributed by atoms with Crippen LogP contribution in [0, 0.1) is 5.92 Å². The second-order valence-electron chi connectivity index (χ2n) is 14.5. The number of H-pyrrole nitrogens is 2. The number of aromatic nitrogens is 4. The third-order valence-corrected chi connectivity index (χ3v) is 9.60. The molecule has 2 aromatic heterocycles. The van der Waals surface area contributed by atoms with E-state index in [1.165, 1.54) is 29.9 Å². The molecule has 4 heterocycles. The van der Waals surface area contributed by atoms with Crippen molar-refractivity contribution in [1.82, 2.24) is 56.7 Å². The highest BCUT2D eigenvalue weighted by Gasteiger charge is 2.40. The van der Waals surface area contributed by atoms with Crippen molar-refractivity contribution in [3.63, 3.8) is 0 Å². The van der Waals surface area contributed by atoms with Crippen LogP contribution in [-0.2, 0) is 51.2 Å². The molecule has 57 heavy (non-hydrogen) atoms. The van der Waals surface area contributed by atoms with Crippen LogP contribution in [0.2, 0.25) is 0 Å². The number of nitrogens with two attached hydrogens (primary N) is 1. The Morgan fingerprint density at radius 3 is 1.81 bits per heavy atom. The Morgan fingerprint density at radius 2 is 1.33 bits per heavy atom. The van der Waals surface area contributed by atoms with E-state index < -0.39 is 96.7 Å². The molecule has 0 aliphatic carbocycles. The number of aliphatic hydroxyl groups is 1. The number of rotatable bonds is 21. The van der Waals surface area contributed by atoms with Crippen LogP contribution in [0.3, 0.4) is 0 Å². The Labute approximate surface area is 327 Å². The lowest BCUT2D eigenvalue weighted by Crippen LogP contribution is -2.61. The minimum absolute atomic E-state index is 0.0917. The topological polar surface area (TPSA) is 336 Å². The number of carboxylic acids is 1. The van der Waals surface area contributed by atoms with Crippen LogP contribution in [-0.4, -0.2) is 144 Å². The number of hydrogen-bond donors (Lipinski definition) is 11. The lowest BCUT2D eigenvalue weighted by Gasteiger charge is -2.29. The van der Waals surface area contributed by atoms with Gasteiger partial charge in [-0.2, -0.15) is 0 Å². The van der Waals surface area contributed by atoms with Crippen LogP contribution in [0.15, 0.2) is 25.0 Å². The summed E-state index contributed by atoms with van der Waals surface area (Å²) >= 11 is 0. The number of nitrogens with one attached hydrogen (secondary N) is 8. The van der Waals surface area contributed by atoms with Gasteiger partial charge in [-0.15, -0.1) is 0 Å². The molecule has 2 saturated heterocycles. The van der Waals surface area contributed by atoms with Crippen LogP contribution in [0.1, 0.15) is 63.8 Å². The van der Waals surface area contributed by atoms with Crippen molar-refractivity contribution in [2.75, 3.05) is 19.7 Å². The van der Waals surface area contributed by atoms with Gasteiger partial charge in [-0.05, 0) is 44.6 Å². The SMILES string of the molecule is CC(C)C[C@H](NC(=O)[C@H](Cc1cnc[nH]1)NC(=O)[C@H](CO)NC(=O)[C@H](Cc1cnc[nH]1)NC(=O)[C@H](CC(N)=O)NC(=O)[C@@H]1CCCN1C(=O)[C@@H]1CCCN1)C(=O)O. The fraction of sp³-hybridized carbons (Fsp3) is 0.600. The van der Waals surface area contributed by atoms with Crippen molar-refractivity contribution < 1.29 is 48.6 Å². The van der Waals surface area contributed by atoms with E-state index in [1.807, 2.05) is 0 Å². The highest BCUT2D eigenvalue weighted by Crippen LogP contribution is 2.21. The average Bonchev–Trinajstić information content (AvgIpc) is 4.00. The molecule has 0 unspecified atom stereocenters. The zero-order valence-electron chi connectivity index (χ0n) is 31.8. The van der Waals surface area contributed by atoms with Crippen molar-refractivity contribution >= 4 is 47.3 Å². The number of carboxylic acid groups (broad SMARTS) is 1.